The molecule has 0 aliphatic carbocycles. The third-order valence-corrected chi connectivity index (χ3v) is 7.26. The zero-order valence-electron chi connectivity index (χ0n) is 24.9. The molecule has 3 amide bonds. The van der Waals surface area contributed by atoms with Crippen LogP contribution in [0.2, 0.25) is 0 Å². The lowest BCUT2D eigenvalue weighted by Gasteiger charge is -2.10. The Morgan fingerprint density at radius 3 is 2.25 bits per heavy atom. The van der Waals surface area contributed by atoms with Gasteiger partial charge in [0.1, 0.15) is 5.01 Å². The molecule has 2 aromatic carbocycles. The van der Waals surface area contributed by atoms with E-state index in [9.17, 15) is 14.4 Å². The monoisotopic (exact) mass is 615 g/mol. The van der Waals surface area contributed by atoms with E-state index in [1.807, 2.05) is 60.7 Å². The Balaban J connectivity index is 1.13. The minimum absolute atomic E-state index is 0.132. The summed E-state index contributed by atoms with van der Waals surface area (Å²) in [4.78, 5) is 36.5. The molecule has 3 N–H and O–H groups in total. The molecule has 12 heteroatoms. The fourth-order valence-electron chi connectivity index (χ4n) is 4.32. The van der Waals surface area contributed by atoms with Crippen LogP contribution in [0.1, 0.15) is 54.1 Å². The van der Waals surface area contributed by atoms with E-state index in [0.717, 1.165) is 53.1 Å². The predicted molar refractivity (Wildman–Crippen MR) is 169 cm³/mol. The van der Waals surface area contributed by atoms with E-state index in [2.05, 4.69) is 36.3 Å². The van der Waals surface area contributed by atoms with Crippen molar-refractivity contribution < 1.29 is 19.1 Å². The van der Waals surface area contributed by atoms with Crippen molar-refractivity contribution in [2.24, 2.45) is 0 Å². The molecule has 0 spiro atoms. The van der Waals surface area contributed by atoms with Gasteiger partial charge in [0.15, 0.2) is 5.82 Å². The van der Waals surface area contributed by atoms with Crippen molar-refractivity contribution in [3.8, 4) is 0 Å². The predicted octanol–water partition coefficient (Wildman–Crippen LogP) is 4.93. The minimum Gasteiger partial charge on any atom is -0.447 e. The SMILES string of the molecule is CC(C)OC(=O)NCCc1cccc(CC(=O)Nc2nnc(CCCCc3ccc(NC(=O)Cc4ccccc4)nn3)s2)c1. The standard InChI is InChI=1S/C32H37N7O4S/c1-22(2)43-32(42)33-18-17-24-11-8-12-25(19-24)21-29(41)35-31-39-38-30(44-31)14-7-6-13-26-15-16-27(37-36-26)34-28(40)20-23-9-4-3-5-10-23/h3-5,8-12,15-16,19,22H,6-7,13-14,17-18,20-21H2,1-2H3,(H,33,42)(H,34,37,40)(H,35,39,41). The van der Waals surface area contributed by atoms with Gasteiger partial charge in [0, 0.05) is 13.0 Å². The molecule has 0 atom stereocenters. The first kappa shape index (κ1) is 32.2. The highest BCUT2D eigenvalue weighted by Crippen LogP contribution is 2.18. The summed E-state index contributed by atoms with van der Waals surface area (Å²) in [6.07, 6.45) is 3.80. The van der Waals surface area contributed by atoms with Gasteiger partial charge in [0.05, 0.1) is 24.6 Å². The van der Waals surface area contributed by atoms with Crippen molar-refractivity contribution in [1.82, 2.24) is 25.7 Å². The van der Waals surface area contributed by atoms with Crippen molar-refractivity contribution in [2.45, 2.75) is 64.9 Å². The Hall–Kier alpha value is -4.71. The van der Waals surface area contributed by atoms with Crippen LogP contribution in [0, 0.1) is 0 Å². The topological polar surface area (TPSA) is 148 Å². The number of amides is 3. The molecule has 0 fully saturated rings. The molecule has 4 rings (SSSR count). The fraction of sp³-hybridized carbons (Fsp3) is 0.344. The van der Waals surface area contributed by atoms with Crippen LogP contribution >= 0.6 is 11.3 Å². The summed E-state index contributed by atoms with van der Waals surface area (Å²) in [7, 11) is 0. The Morgan fingerprint density at radius 1 is 0.750 bits per heavy atom. The third kappa shape index (κ3) is 11.5. The van der Waals surface area contributed by atoms with Crippen LogP contribution in [0.5, 0.6) is 0 Å². The summed E-state index contributed by atoms with van der Waals surface area (Å²) in [5, 5.41) is 26.4. The Kier molecular flexibility index (Phi) is 12.3. The van der Waals surface area contributed by atoms with Gasteiger partial charge >= 0.3 is 6.09 Å². The van der Waals surface area contributed by atoms with Gasteiger partial charge in [-0.2, -0.15) is 5.10 Å². The van der Waals surface area contributed by atoms with Gasteiger partial charge in [-0.3, -0.25) is 9.59 Å². The number of unbranched alkanes of at least 4 members (excludes halogenated alkanes) is 1. The molecule has 0 radical (unpaired) electrons. The normalized spacial score (nSPS) is 10.8. The molecule has 0 bridgehead atoms. The second kappa shape index (κ2) is 16.8. The van der Waals surface area contributed by atoms with E-state index in [0.29, 0.717) is 23.9 Å². The average molecular weight is 616 g/mol. The van der Waals surface area contributed by atoms with E-state index in [1.165, 1.54) is 11.3 Å². The number of nitrogens with one attached hydrogen (secondary N) is 3. The van der Waals surface area contributed by atoms with Crippen molar-refractivity contribution in [2.75, 3.05) is 17.2 Å². The molecule has 0 saturated heterocycles. The highest BCUT2D eigenvalue weighted by Gasteiger charge is 2.11. The van der Waals surface area contributed by atoms with E-state index in [1.54, 1.807) is 19.9 Å². The average Bonchev–Trinajstić information content (AvgIpc) is 3.43. The van der Waals surface area contributed by atoms with Gasteiger partial charge in [0.2, 0.25) is 16.9 Å². The van der Waals surface area contributed by atoms with E-state index in [4.69, 9.17) is 4.74 Å². The molecule has 11 nitrogen and oxygen atoms in total. The Labute approximate surface area is 260 Å². The molecule has 0 aliphatic heterocycles. The van der Waals surface area contributed by atoms with Gasteiger partial charge < -0.3 is 20.7 Å². The zero-order valence-corrected chi connectivity index (χ0v) is 25.7. The Morgan fingerprint density at radius 2 is 1.48 bits per heavy atom. The lowest BCUT2D eigenvalue weighted by atomic mass is 10.1. The van der Waals surface area contributed by atoms with Crippen LogP contribution in [0.15, 0.2) is 66.7 Å². The van der Waals surface area contributed by atoms with Gasteiger partial charge in [-0.1, -0.05) is 65.9 Å². The molecule has 2 heterocycles. The first-order chi connectivity index (χ1) is 21.3. The second-order valence-electron chi connectivity index (χ2n) is 10.5. The molecular weight excluding hydrogens is 578 g/mol. The molecule has 230 valence electrons. The molecule has 4 aromatic rings. The molecule has 0 saturated carbocycles. The highest BCUT2D eigenvalue weighted by molar-refractivity contribution is 7.15. The van der Waals surface area contributed by atoms with Crippen LogP contribution in [0.3, 0.4) is 0 Å². The zero-order chi connectivity index (χ0) is 31.1. The number of alkyl carbamates (subject to hydrolysis) is 1. The first-order valence-corrected chi connectivity index (χ1v) is 15.4. The summed E-state index contributed by atoms with van der Waals surface area (Å²) < 4.78 is 5.07. The third-order valence-electron chi connectivity index (χ3n) is 6.36. The van der Waals surface area contributed by atoms with Crippen molar-refractivity contribution in [1.29, 1.82) is 0 Å². The maximum absolute atomic E-state index is 12.6. The molecular formula is C32H37N7O4S. The number of hydrogen-bond acceptors (Lipinski definition) is 9. The molecule has 0 aliphatic rings. The van der Waals surface area contributed by atoms with Crippen molar-refractivity contribution >= 4 is 40.2 Å². The maximum atomic E-state index is 12.6. The van der Waals surface area contributed by atoms with Crippen LogP contribution in [-0.4, -0.2) is 51.0 Å². The number of hydrogen-bond donors (Lipinski definition) is 3. The lowest BCUT2D eigenvalue weighted by molar-refractivity contribution is -0.116. The maximum Gasteiger partial charge on any atom is 0.407 e. The number of carbonyl (C=O) groups is 3. The number of aromatic nitrogens is 4. The second-order valence-corrected chi connectivity index (χ2v) is 11.6. The number of ether oxygens (including phenoxy) is 1. The van der Waals surface area contributed by atoms with Gasteiger partial charge in [-0.15, -0.1) is 15.3 Å². The van der Waals surface area contributed by atoms with Crippen molar-refractivity contribution in [3.05, 3.63) is 94.1 Å². The summed E-state index contributed by atoms with van der Waals surface area (Å²) in [6, 6.07) is 20.9. The number of rotatable bonds is 15. The van der Waals surface area contributed by atoms with Gasteiger partial charge in [0.25, 0.3) is 0 Å². The highest BCUT2D eigenvalue weighted by atomic mass is 32.1. The fourth-order valence-corrected chi connectivity index (χ4v) is 5.12. The summed E-state index contributed by atoms with van der Waals surface area (Å²) in [5.74, 6) is 0.137. The molecule has 44 heavy (non-hydrogen) atoms. The summed E-state index contributed by atoms with van der Waals surface area (Å²) >= 11 is 1.37. The van der Waals surface area contributed by atoms with E-state index < -0.39 is 6.09 Å². The van der Waals surface area contributed by atoms with Crippen LogP contribution in [0.25, 0.3) is 0 Å². The van der Waals surface area contributed by atoms with E-state index >= 15 is 0 Å². The summed E-state index contributed by atoms with van der Waals surface area (Å²) in [6.45, 7) is 4.05. The lowest BCUT2D eigenvalue weighted by Crippen LogP contribution is -2.28. The first-order valence-electron chi connectivity index (χ1n) is 14.6. The van der Waals surface area contributed by atoms with Crippen molar-refractivity contribution in [3.63, 3.8) is 0 Å². The Bertz CT molecular complexity index is 1510. The van der Waals surface area contributed by atoms with Gasteiger partial charge in [-0.05, 0) is 68.4 Å². The minimum atomic E-state index is -0.436. The largest absolute Gasteiger partial charge is 0.447 e. The number of anilines is 2. The van der Waals surface area contributed by atoms with Crippen LogP contribution < -0.4 is 16.0 Å². The van der Waals surface area contributed by atoms with Crippen LogP contribution in [0.4, 0.5) is 15.7 Å². The van der Waals surface area contributed by atoms with E-state index in [-0.39, 0.29) is 30.8 Å². The smallest absolute Gasteiger partial charge is 0.407 e. The number of nitrogens with zero attached hydrogens (tertiary/aromatic N) is 4. The number of benzene rings is 2. The molecule has 0 unspecified atom stereocenters. The number of aryl methyl sites for hydroxylation is 2. The quantitative estimate of drug-likeness (QED) is 0.159. The van der Waals surface area contributed by atoms with Crippen LogP contribution in [-0.2, 0) is 46.4 Å². The van der Waals surface area contributed by atoms with Gasteiger partial charge in [-0.25, -0.2) is 4.79 Å². The number of carbonyl (C=O) groups excluding carboxylic acids is 3. The molecule has 2 aromatic heterocycles. The summed E-state index contributed by atoms with van der Waals surface area (Å²) in [5.41, 5.74) is 3.69.